The Morgan fingerprint density at radius 2 is 1.67 bits per heavy atom. The van der Waals surface area contributed by atoms with E-state index in [0.717, 1.165) is 16.9 Å². The van der Waals surface area contributed by atoms with Crippen molar-refractivity contribution in [2.45, 2.75) is 47.1 Å². The van der Waals surface area contributed by atoms with Gasteiger partial charge in [0.05, 0.1) is 19.6 Å². The van der Waals surface area contributed by atoms with Crippen LogP contribution in [0.3, 0.4) is 0 Å². The lowest BCUT2D eigenvalue weighted by molar-refractivity contribution is -0.121. The van der Waals surface area contributed by atoms with E-state index in [1.807, 2.05) is 32.0 Å². The maximum Gasteiger partial charge on any atom is 0.224 e. The normalized spacial score (nSPS) is 11.9. The average Bonchev–Trinajstić information content (AvgIpc) is 2.50. The number of carbonyl (C=O) groups excluding carboxylic acids is 1. The number of benzene rings is 2. The molecule has 2 rings (SSSR count). The van der Waals surface area contributed by atoms with Crippen LogP contribution in [-0.4, -0.2) is 13.0 Å². The minimum atomic E-state index is -0.00357. The molecule has 0 spiro atoms. The van der Waals surface area contributed by atoms with Gasteiger partial charge in [-0.15, -0.1) is 0 Å². The highest BCUT2D eigenvalue weighted by molar-refractivity contribution is 5.79. The van der Waals surface area contributed by atoms with Crippen LogP contribution < -0.4 is 10.1 Å². The second-order valence-electron chi connectivity index (χ2n) is 6.56. The lowest BCUT2D eigenvalue weighted by atomic mass is 9.96. The number of aryl methyl sites for hydroxylation is 4. The third-order valence-corrected chi connectivity index (χ3v) is 4.55. The third kappa shape index (κ3) is 4.16. The van der Waals surface area contributed by atoms with E-state index in [2.05, 4.69) is 38.2 Å². The van der Waals surface area contributed by atoms with Crippen LogP contribution in [0.1, 0.15) is 46.3 Å². The zero-order valence-electron chi connectivity index (χ0n) is 15.5. The molecule has 0 bridgehead atoms. The fourth-order valence-corrected chi connectivity index (χ4v) is 3.06. The summed E-state index contributed by atoms with van der Waals surface area (Å²) in [7, 11) is 1.66. The number of hydrogen-bond donors (Lipinski definition) is 1. The zero-order valence-corrected chi connectivity index (χ0v) is 15.5. The second-order valence-corrected chi connectivity index (χ2v) is 6.56. The Morgan fingerprint density at radius 1 is 1.00 bits per heavy atom. The van der Waals surface area contributed by atoms with Gasteiger partial charge in [-0.3, -0.25) is 4.79 Å². The van der Waals surface area contributed by atoms with Crippen molar-refractivity contribution in [1.29, 1.82) is 0 Å². The number of methoxy groups -OCH3 is 1. The molecule has 2 aromatic carbocycles. The SMILES string of the molecule is COc1ccc(CC(=O)N[C@H](C)c2cc(C)c(C)cc2C)cc1C. The quantitative estimate of drug-likeness (QED) is 0.887. The van der Waals surface area contributed by atoms with Crippen molar-refractivity contribution < 1.29 is 9.53 Å². The van der Waals surface area contributed by atoms with Crippen molar-refractivity contribution in [2.75, 3.05) is 7.11 Å². The molecule has 0 radical (unpaired) electrons. The van der Waals surface area contributed by atoms with Crippen LogP contribution in [0.5, 0.6) is 5.75 Å². The summed E-state index contributed by atoms with van der Waals surface area (Å²) in [6.45, 7) is 10.3. The highest BCUT2D eigenvalue weighted by Crippen LogP contribution is 2.22. The molecule has 3 nitrogen and oxygen atoms in total. The van der Waals surface area contributed by atoms with Crippen LogP contribution in [0.15, 0.2) is 30.3 Å². The maximum absolute atomic E-state index is 12.4. The monoisotopic (exact) mass is 325 g/mol. The minimum Gasteiger partial charge on any atom is -0.496 e. The van der Waals surface area contributed by atoms with E-state index in [9.17, 15) is 4.79 Å². The minimum absolute atomic E-state index is 0.00357. The first-order chi connectivity index (χ1) is 11.3. The van der Waals surface area contributed by atoms with Crippen LogP contribution in [0.2, 0.25) is 0 Å². The van der Waals surface area contributed by atoms with E-state index in [-0.39, 0.29) is 11.9 Å². The molecule has 128 valence electrons. The Hall–Kier alpha value is -2.29. The van der Waals surface area contributed by atoms with Gasteiger partial charge < -0.3 is 10.1 Å². The molecule has 0 heterocycles. The van der Waals surface area contributed by atoms with Crippen molar-refractivity contribution in [3.8, 4) is 5.75 Å². The summed E-state index contributed by atoms with van der Waals surface area (Å²) in [5, 5.41) is 3.11. The molecular weight excluding hydrogens is 298 g/mol. The van der Waals surface area contributed by atoms with E-state index in [0.29, 0.717) is 6.42 Å². The lowest BCUT2D eigenvalue weighted by Crippen LogP contribution is -2.28. The predicted octanol–water partition coefficient (Wildman–Crippen LogP) is 4.35. The van der Waals surface area contributed by atoms with E-state index in [1.165, 1.54) is 22.3 Å². The number of hydrogen-bond acceptors (Lipinski definition) is 2. The average molecular weight is 325 g/mol. The van der Waals surface area contributed by atoms with E-state index < -0.39 is 0 Å². The molecule has 0 saturated carbocycles. The molecule has 0 aliphatic heterocycles. The Balaban J connectivity index is 2.07. The third-order valence-electron chi connectivity index (χ3n) is 4.55. The maximum atomic E-state index is 12.4. The molecule has 0 saturated heterocycles. The smallest absolute Gasteiger partial charge is 0.224 e. The van der Waals surface area contributed by atoms with Gasteiger partial charge in [0, 0.05) is 0 Å². The van der Waals surface area contributed by atoms with E-state index in [4.69, 9.17) is 4.74 Å². The molecule has 1 atom stereocenters. The molecule has 1 amide bonds. The molecule has 1 N–H and O–H groups in total. The summed E-state index contributed by atoms with van der Waals surface area (Å²) < 4.78 is 5.26. The van der Waals surface area contributed by atoms with E-state index >= 15 is 0 Å². The van der Waals surface area contributed by atoms with E-state index in [1.54, 1.807) is 7.11 Å². The number of ether oxygens (including phenoxy) is 1. The summed E-state index contributed by atoms with van der Waals surface area (Å²) in [4.78, 5) is 12.4. The molecule has 2 aromatic rings. The molecule has 0 fully saturated rings. The van der Waals surface area contributed by atoms with Gasteiger partial charge in [-0.1, -0.05) is 24.3 Å². The van der Waals surface area contributed by atoms with Crippen molar-refractivity contribution in [2.24, 2.45) is 0 Å². The van der Waals surface area contributed by atoms with Crippen LogP contribution in [0, 0.1) is 27.7 Å². The first-order valence-electron chi connectivity index (χ1n) is 8.32. The Morgan fingerprint density at radius 3 is 2.29 bits per heavy atom. The molecule has 3 heteroatoms. The van der Waals surface area contributed by atoms with Crippen LogP contribution in [0.4, 0.5) is 0 Å². The zero-order chi connectivity index (χ0) is 17.9. The van der Waals surface area contributed by atoms with Crippen molar-refractivity contribution >= 4 is 5.91 Å². The Labute approximate surface area is 145 Å². The Bertz CT molecular complexity index is 750. The molecule has 0 aliphatic rings. The Kier molecular flexibility index (Phi) is 5.66. The molecular formula is C21H27NO2. The standard InChI is InChI=1S/C21H27NO2/c1-13-9-15(3)19(11-14(13)2)17(5)22-21(23)12-18-7-8-20(24-6)16(4)10-18/h7-11,17H,12H2,1-6H3,(H,22,23)/t17-/m1/s1. The molecule has 0 aromatic heterocycles. The van der Waals surface area contributed by atoms with Gasteiger partial charge in [-0.2, -0.15) is 0 Å². The lowest BCUT2D eigenvalue weighted by Gasteiger charge is -2.18. The largest absolute Gasteiger partial charge is 0.496 e. The van der Waals surface area contributed by atoms with Crippen molar-refractivity contribution in [1.82, 2.24) is 5.32 Å². The van der Waals surface area contributed by atoms with Gasteiger partial charge in [0.2, 0.25) is 5.91 Å². The highest BCUT2D eigenvalue weighted by atomic mass is 16.5. The molecule has 24 heavy (non-hydrogen) atoms. The number of carbonyl (C=O) groups is 1. The van der Waals surface area contributed by atoms with Crippen LogP contribution in [-0.2, 0) is 11.2 Å². The summed E-state index contributed by atoms with van der Waals surface area (Å²) in [5.74, 6) is 0.878. The fourth-order valence-electron chi connectivity index (χ4n) is 3.06. The van der Waals surface area contributed by atoms with Crippen molar-refractivity contribution in [3.63, 3.8) is 0 Å². The summed E-state index contributed by atoms with van der Waals surface area (Å²) >= 11 is 0. The van der Waals surface area contributed by atoms with Crippen LogP contribution >= 0.6 is 0 Å². The van der Waals surface area contributed by atoms with Gasteiger partial charge >= 0.3 is 0 Å². The summed E-state index contributed by atoms with van der Waals surface area (Å²) in [6.07, 6.45) is 0.374. The van der Waals surface area contributed by atoms with Gasteiger partial charge in [0.1, 0.15) is 5.75 Å². The summed E-state index contributed by atoms with van der Waals surface area (Å²) in [5.41, 5.74) is 6.96. The fraction of sp³-hybridized carbons (Fsp3) is 0.381. The molecule has 0 unspecified atom stereocenters. The summed E-state index contributed by atoms with van der Waals surface area (Å²) in [6, 6.07) is 10.2. The van der Waals surface area contributed by atoms with Gasteiger partial charge in [-0.05, 0) is 74.1 Å². The first-order valence-corrected chi connectivity index (χ1v) is 8.32. The predicted molar refractivity (Wildman–Crippen MR) is 98.6 cm³/mol. The topological polar surface area (TPSA) is 38.3 Å². The van der Waals surface area contributed by atoms with Crippen molar-refractivity contribution in [3.05, 3.63) is 63.7 Å². The number of rotatable bonds is 5. The number of nitrogens with one attached hydrogen (secondary N) is 1. The van der Waals surface area contributed by atoms with Gasteiger partial charge in [0.15, 0.2) is 0 Å². The second kappa shape index (κ2) is 7.52. The van der Waals surface area contributed by atoms with Gasteiger partial charge in [0.25, 0.3) is 0 Å². The number of amides is 1. The highest BCUT2D eigenvalue weighted by Gasteiger charge is 2.13. The molecule has 0 aliphatic carbocycles. The van der Waals surface area contributed by atoms with Gasteiger partial charge in [-0.25, -0.2) is 0 Å². The van der Waals surface area contributed by atoms with Crippen LogP contribution in [0.25, 0.3) is 0 Å². The first kappa shape index (κ1) is 18.1.